The second-order valence-electron chi connectivity index (χ2n) is 2.12. The van der Waals surface area contributed by atoms with E-state index in [0.29, 0.717) is 0 Å². The molecular weight excluding hydrogens is 278 g/mol. The largest absolute Gasteiger partial charge is 0.504 e. The lowest BCUT2D eigenvalue weighted by Crippen LogP contribution is -2.27. The van der Waals surface area contributed by atoms with Gasteiger partial charge >= 0.3 is 5.95 Å². The van der Waals surface area contributed by atoms with Gasteiger partial charge in [0.25, 0.3) is 18.4 Å². The number of ether oxygens (including phenoxy) is 1. The van der Waals surface area contributed by atoms with Crippen LogP contribution in [0.3, 0.4) is 0 Å². The lowest BCUT2D eigenvalue weighted by atomic mass is 10.2. The fourth-order valence-corrected chi connectivity index (χ4v) is 0.708. The number of rotatable bonds is 1. The molecule has 0 amide bonds. The number of hydrogen-bond acceptors (Lipinski definition) is 5. The molecule has 0 aliphatic carbocycles. The molecule has 2 atom stereocenters. The van der Waals surface area contributed by atoms with Gasteiger partial charge in [-0.15, -0.1) is 0 Å². The van der Waals surface area contributed by atoms with E-state index in [1.54, 1.807) is 0 Å². The summed E-state index contributed by atoms with van der Waals surface area (Å²) in [6, 6.07) is 0. The SMILES string of the molecule is FPF.FPF.OC[C@H]1OC(O)=C(O)[C@H]1O. The van der Waals surface area contributed by atoms with Crippen molar-refractivity contribution < 1.29 is 42.0 Å². The number of aliphatic hydroxyl groups is 4. The second-order valence-corrected chi connectivity index (χ2v) is 2.40. The molecule has 0 bridgehead atoms. The van der Waals surface area contributed by atoms with Crippen molar-refractivity contribution in [1.82, 2.24) is 0 Å². The smallest absolute Gasteiger partial charge is 0.319 e. The van der Waals surface area contributed by atoms with E-state index in [-0.39, 0.29) is 0 Å². The minimum atomic E-state index is -1.92. The molecule has 5 nitrogen and oxygen atoms in total. The van der Waals surface area contributed by atoms with Crippen LogP contribution in [0.4, 0.5) is 16.8 Å². The Hall–Kier alpha value is -0.360. The van der Waals surface area contributed by atoms with E-state index in [1.165, 1.54) is 0 Å². The van der Waals surface area contributed by atoms with Gasteiger partial charge in [-0.05, 0) is 0 Å². The minimum Gasteiger partial charge on any atom is -0.504 e. The topological polar surface area (TPSA) is 90.2 Å². The van der Waals surface area contributed by atoms with Gasteiger partial charge in [0, 0.05) is 0 Å². The normalized spacial score (nSPS) is 22.6. The molecule has 0 unspecified atom stereocenters. The van der Waals surface area contributed by atoms with Gasteiger partial charge in [0.15, 0.2) is 12.2 Å². The molecule has 0 spiro atoms. The first-order chi connectivity index (χ1) is 7.49. The highest BCUT2D eigenvalue weighted by Crippen LogP contribution is 2.20. The average Bonchev–Trinajstić information content (AvgIpc) is 2.48. The molecule has 0 saturated carbocycles. The summed E-state index contributed by atoms with van der Waals surface area (Å²) in [4.78, 5) is 0. The molecule has 1 heterocycles. The summed E-state index contributed by atoms with van der Waals surface area (Å²) in [5.74, 6) is -1.34. The average molecular weight is 288 g/mol. The van der Waals surface area contributed by atoms with E-state index in [4.69, 9.17) is 20.4 Å². The molecule has 1 aliphatic heterocycles. The highest BCUT2D eigenvalue weighted by atomic mass is 31.1. The van der Waals surface area contributed by atoms with Crippen LogP contribution in [0.2, 0.25) is 0 Å². The van der Waals surface area contributed by atoms with Crippen molar-refractivity contribution in [3.05, 3.63) is 11.7 Å². The minimum absolute atomic E-state index is 0.449. The Kier molecular flexibility index (Phi) is 12.5. The van der Waals surface area contributed by atoms with Crippen molar-refractivity contribution >= 4 is 18.4 Å². The van der Waals surface area contributed by atoms with Gasteiger partial charge < -0.3 is 25.2 Å². The Labute approximate surface area is 91.8 Å². The van der Waals surface area contributed by atoms with Crippen molar-refractivity contribution in [3.63, 3.8) is 0 Å². The molecule has 0 radical (unpaired) electrons. The van der Waals surface area contributed by atoms with Gasteiger partial charge in [-0.3, -0.25) is 0 Å². The zero-order valence-corrected chi connectivity index (χ0v) is 9.57. The summed E-state index contributed by atoms with van der Waals surface area (Å²) in [7, 11) is -3.83. The van der Waals surface area contributed by atoms with E-state index in [9.17, 15) is 16.8 Å². The Bertz CT molecular complexity index is 205. The van der Waals surface area contributed by atoms with E-state index >= 15 is 0 Å². The molecule has 0 aromatic rings. The van der Waals surface area contributed by atoms with Crippen molar-refractivity contribution in [1.29, 1.82) is 0 Å². The van der Waals surface area contributed by atoms with Crippen LogP contribution in [0.5, 0.6) is 0 Å². The maximum Gasteiger partial charge on any atom is 0.319 e. The van der Waals surface area contributed by atoms with Crippen molar-refractivity contribution in [2.75, 3.05) is 6.61 Å². The van der Waals surface area contributed by atoms with Crippen molar-refractivity contribution in [3.8, 4) is 0 Å². The summed E-state index contributed by atoms with van der Waals surface area (Å²) >= 11 is 0. The number of halogens is 4. The molecule has 0 fully saturated rings. The maximum absolute atomic E-state index is 9.65. The maximum atomic E-state index is 9.65. The zero-order chi connectivity index (χ0) is 13.1. The Morgan fingerprint density at radius 1 is 1.12 bits per heavy atom. The molecule has 4 N–H and O–H groups in total. The van der Waals surface area contributed by atoms with Crippen LogP contribution < -0.4 is 0 Å². The third-order valence-corrected chi connectivity index (χ3v) is 1.29. The summed E-state index contributed by atoms with van der Waals surface area (Å²) in [6.07, 6.45) is -2.26. The van der Waals surface area contributed by atoms with Gasteiger partial charge in [0.1, 0.15) is 0 Å². The molecule has 98 valence electrons. The van der Waals surface area contributed by atoms with Crippen molar-refractivity contribution in [2.24, 2.45) is 0 Å². The van der Waals surface area contributed by atoms with E-state index < -0.39 is 48.9 Å². The van der Waals surface area contributed by atoms with Gasteiger partial charge in [-0.2, -0.15) is 16.8 Å². The van der Waals surface area contributed by atoms with Gasteiger partial charge in [0.2, 0.25) is 5.76 Å². The van der Waals surface area contributed by atoms with E-state index in [2.05, 4.69) is 4.74 Å². The lowest BCUT2D eigenvalue weighted by molar-refractivity contribution is -0.0223. The predicted octanol–water partition coefficient (Wildman–Crippen LogP) is 1.89. The monoisotopic (exact) mass is 288 g/mol. The summed E-state index contributed by atoms with van der Waals surface area (Å²) < 4.78 is 43.0. The van der Waals surface area contributed by atoms with Crippen LogP contribution in [-0.4, -0.2) is 39.2 Å². The quantitative estimate of drug-likeness (QED) is 0.437. The van der Waals surface area contributed by atoms with Crippen LogP contribution in [0, 0.1) is 0 Å². The number of aliphatic hydroxyl groups excluding tert-OH is 4. The molecular formula is C5H10F4O5P2. The molecule has 11 heteroatoms. The molecule has 0 aromatic carbocycles. The van der Waals surface area contributed by atoms with Crippen LogP contribution >= 0.6 is 18.4 Å². The first-order valence-corrected chi connectivity index (χ1v) is 5.01. The van der Waals surface area contributed by atoms with Crippen LogP contribution in [-0.2, 0) is 4.74 Å². The summed E-state index contributed by atoms with van der Waals surface area (Å²) in [6.45, 7) is -0.449. The zero-order valence-electron chi connectivity index (χ0n) is 7.57. The van der Waals surface area contributed by atoms with Crippen LogP contribution in [0.15, 0.2) is 11.7 Å². The molecule has 16 heavy (non-hydrogen) atoms. The standard InChI is InChI=1S/C5H8O5.2F2HP/c6-1-2-3(7)4(8)5(9)10-2;2*1-3-2/h2-3,6-9H,1H2;2*3H/t2-,3+;;/m1../s1. The summed E-state index contributed by atoms with van der Waals surface area (Å²) in [5, 5.41) is 34.6. The fraction of sp³-hybridized carbons (Fsp3) is 0.600. The van der Waals surface area contributed by atoms with Gasteiger partial charge in [-0.1, -0.05) is 0 Å². The Morgan fingerprint density at radius 2 is 1.50 bits per heavy atom. The Balaban J connectivity index is 0. The highest BCUT2D eigenvalue weighted by Gasteiger charge is 2.35. The Morgan fingerprint density at radius 3 is 1.62 bits per heavy atom. The van der Waals surface area contributed by atoms with E-state index in [0.717, 1.165) is 0 Å². The second kappa shape index (κ2) is 11.1. The highest BCUT2D eigenvalue weighted by molar-refractivity contribution is 7.25. The van der Waals surface area contributed by atoms with Crippen LogP contribution in [0.25, 0.3) is 0 Å². The third kappa shape index (κ3) is 7.00. The molecule has 0 saturated heterocycles. The lowest BCUT2D eigenvalue weighted by Gasteiger charge is -2.09. The first-order valence-electron chi connectivity index (χ1n) is 3.50. The predicted molar refractivity (Wildman–Crippen MR) is 51.3 cm³/mol. The number of hydrogen-bond donors (Lipinski definition) is 4. The third-order valence-electron chi connectivity index (χ3n) is 1.29. The van der Waals surface area contributed by atoms with Gasteiger partial charge in [-0.25, -0.2) is 0 Å². The van der Waals surface area contributed by atoms with Crippen LogP contribution in [0.1, 0.15) is 0 Å². The van der Waals surface area contributed by atoms with Gasteiger partial charge in [0.05, 0.1) is 6.61 Å². The van der Waals surface area contributed by atoms with E-state index in [1.807, 2.05) is 0 Å². The first kappa shape index (κ1) is 18.0. The molecule has 1 aliphatic rings. The fourth-order valence-electron chi connectivity index (χ4n) is 0.708. The van der Waals surface area contributed by atoms with Crippen molar-refractivity contribution in [2.45, 2.75) is 12.2 Å². The molecule has 1 rings (SSSR count). The molecule has 0 aromatic heterocycles. The summed E-state index contributed by atoms with van der Waals surface area (Å²) in [5.41, 5.74) is 0.